The van der Waals surface area contributed by atoms with Crippen molar-refractivity contribution in [2.24, 2.45) is 5.10 Å². The van der Waals surface area contributed by atoms with Crippen LogP contribution in [0.15, 0.2) is 41.5 Å². The average molecular weight is 381 g/mol. The predicted molar refractivity (Wildman–Crippen MR) is 96.0 cm³/mol. The van der Waals surface area contributed by atoms with Gasteiger partial charge in [-0.2, -0.15) is 5.10 Å². The molecule has 2 amide bonds. The highest BCUT2D eigenvalue weighted by atomic mass is 35.5. The summed E-state index contributed by atoms with van der Waals surface area (Å²) in [6.45, 7) is 0. The van der Waals surface area contributed by atoms with E-state index < -0.39 is 10.8 Å². The SMILES string of the molecule is O=C(CCC(=O)Nc1ccccc1Cl)N/N=C\c1ccc([N+](=O)[O-])s1. The molecule has 0 aliphatic heterocycles. The van der Waals surface area contributed by atoms with Gasteiger partial charge in [0.15, 0.2) is 0 Å². The van der Waals surface area contributed by atoms with Crippen molar-refractivity contribution in [1.82, 2.24) is 5.43 Å². The first-order valence-corrected chi connectivity index (χ1v) is 8.25. The summed E-state index contributed by atoms with van der Waals surface area (Å²) in [5.41, 5.74) is 2.74. The topological polar surface area (TPSA) is 114 Å². The van der Waals surface area contributed by atoms with E-state index in [0.717, 1.165) is 11.3 Å². The zero-order chi connectivity index (χ0) is 18.2. The Morgan fingerprint density at radius 1 is 1.20 bits per heavy atom. The maximum Gasteiger partial charge on any atom is 0.324 e. The lowest BCUT2D eigenvalue weighted by Crippen LogP contribution is -2.20. The molecule has 2 aromatic rings. The molecule has 10 heteroatoms. The van der Waals surface area contributed by atoms with Crippen LogP contribution in [0, 0.1) is 10.1 Å². The van der Waals surface area contributed by atoms with Crippen LogP contribution < -0.4 is 10.7 Å². The second-order valence-corrected chi connectivity index (χ2v) is 6.26. The smallest absolute Gasteiger partial charge is 0.324 e. The fraction of sp³-hybridized carbons (Fsp3) is 0.133. The maximum atomic E-state index is 11.8. The fourth-order valence-corrected chi connectivity index (χ4v) is 2.61. The van der Waals surface area contributed by atoms with Crippen molar-refractivity contribution in [2.75, 3.05) is 5.32 Å². The van der Waals surface area contributed by atoms with Gasteiger partial charge in [0.25, 0.3) is 0 Å². The van der Waals surface area contributed by atoms with Gasteiger partial charge < -0.3 is 5.32 Å². The van der Waals surface area contributed by atoms with E-state index in [1.807, 2.05) is 0 Å². The van der Waals surface area contributed by atoms with Crippen molar-refractivity contribution in [3.05, 3.63) is 56.4 Å². The van der Waals surface area contributed by atoms with Crippen molar-refractivity contribution in [2.45, 2.75) is 12.8 Å². The van der Waals surface area contributed by atoms with E-state index in [9.17, 15) is 19.7 Å². The lowest BCUT2D eigenvalue weighted by molar-refractivity contribution is -0.380. The van der Waals surface area contributed by atoms with Gasteiger partial charge in [-0.1, -0.05) is 35.1 Å². The Morgan fingerprint density at radius 3 is 2.60 bits per heavy atom. The Hall–Kier alpha value is -2.78. The van der Waals surface area contributed by atoms with Crippen molar-refractivity contribution in [3.63, 3.8) is 0 Å². The molecule has 2 rings (SSSR count). The van der Waals surface area contributed by atoms with Gasteiger partial charge in [0.2, 0.25) is 11.8 Å². The molecule has 1 heterocycles. The van der Waals surface area contributed by atoms with Crippen molar-refractivity contribution >= 4 is 51.7 Å². The number of rotatable bonds is 7. The minimum absolute atomic E-state index is 0.0102. The van der Waals surface area contributed by atoms with Gasteiger partial charge in [0.1, 0.15) is 0 Å². The average Bonchev–Trinajstić information content (AvgIpc) is 3.04. The summed E-state index contributed by atoms with van der Waals surface area (Å²) in [4.78, 5) is 34.0. The monoisotopic (exact) mass is 380 g/mol. The molecule has 0 radical (unpaired) electrons. The number of halogens is 1. The van der Waals surface area contributed by atoms with Gasteiger partial charge in [-0.15, -0.1) is 0 Å². The number of nitrogens with one attached hydrogen (secondary N) is 2. The number of carbonyl (C=O) groups is 2. The quantitative estimate of drug-likeness (QED) is 0.436. The van der Waals surface area contributed by atoms with Crippen LogP contribution in [0.4, 0.5) is 10.7 Å². The Morgan fingerprint density at radius 2 is 1.92 bits per heavy atom. The zero-order valence-electron chi connectivity index (χ0n) is 12.8. The summed E-state index contributed by atoms with van der Waals surface area (Å²) in [6, 6.07) is 9.66. The van der Waals surface area contributed by atoms with Crippen LogP contribution in [0.5, 0.6) is 0 Å². The van der Waals surface area contributed by atoms with E-state index in [4.69, 9.17) is 11.6 Å². The molecule has 0 aliphatic carbocycles. The lowest BCUT2D eigenvalue weighted by Gasteiger charge is -2.06. The molecule has 0 fully saturated rings. The molecule has 25 heavy (non-hydrogen) atoms. The summed E-state index contributed by atoms with van der Waals surface area (Å²) in [6.07, 6.45) is 1.22. The normalized spacial score (nSPS) is 10.6. The van der Waals surface area contributed by atoms with E-state index in [2.05, 4.69) is 15.8 Å². The number of carbonyl (C=O) groups excluding carboxylic acids is 2. The number of para-hydroxylation sites is 1. The molecule has 0 bridgehead atoms. The van der Waals surface area contributed by atoms with E-state index in [0.29, 0.717) is 15.6 Å². The highest BCUT2D eigenvalue weighted by Crippen LogP contribution is 2.22. The first-order valence-electron chi connectivity index (χ1n) is 7.06. The fourth-order valence-electron chi connectivity index (χ4n) is 1.74. The summed E-state index contributed by atoms with van der Waals surface area (Å²) in [7, 11) is 0. The predicted octanol–water partition coefficient (Wildman–Crippen LogP) is 3.18. The number of benzene rings is 1. The molecular weight excluding hydrogens is 368 g/mol. The largest absolute Gasteiger partial charge is 0.325 e. The van der Waals surface area contributed by atoms with E-state index in [1.165, 1.54) is 18.3 Å². The van der Waals surface area contributed by atoms with Gasteiger partial charge in [-0.25, -0.2) is 5.43 Å². The number of nitrogens with zero attached hydrogens (tertiary/aromatic N) is 2. The minimum Gasteiger partial charge on any atom is -0.325 e. The minimum atomic E-state index is -0.502. The molecular formula is C15H13ClN4O4S. The van der Waals surface area contributed by atoms with Gasteiger partial charge in [-0.05, 0) is 18.2 Å². The van der Waals surface area contributed by atoms with Crippen LogP contribution in [0.25, 0.3) is 0 Å². The third kappa shape index (κ3) is 5.98. The Balaban J connectivity index is 1.74. The number of hydrogen-bond donors (Lipinski definition) is 2. The molecule has 0 atom stereocenters. The Labute approximate surface area is 151 Å². The standard InChI is InChI=1S/C15H13ClN4O4S/c16-11-3-1-2-4-12(11)18-13(21)6-7-14(22)19-17-9-10-5-8-15(25-10)20(23)24/h1-5,8-9H,6-7H2,(H,18,21)(H,19,22)/b17-9-. The molecule has 8 nitrogen and oxygen atoms in total. The van der Waals surface area contributed by atoms with Crippen LogP contribution >= 0.6 is 22.9 Å². The zero-order valence-corrected chi connectivity index (χ0v) is 14.3. The number of thiophene rings is 1. The number of hydrazone groups is 1. The van der Waals surface area contributed by atoms with Crippen LogP contribution in [0.3, 0.4) is 0 Å². The molecule has 0 aliphatic rings. The summed E-state index contributed by atoms with van der Waals surface area (Å²) < 4.78 is 0. The van der Waals surface area contributed by atoms with Gasteiger partial charge in [-0.3, -0.25) is 19.7 Å². The first kappa shape index (κ1) is 18.6. The summed E-state index contributed by atoms with van der Waals surface area (Å²) in [5, 5.41) is 17.3. The van der Waals surface area contributed by atoms with Gasteiger partial charge >= 0.3 is 5.00 Å². The van der Waals surface area contributed by atoms with Crippen LogP contribution in [-0.2, 0) is 9.59 Å². The van der Waals surface area contributed by atoms with Crippen molar-refractivity contribution < 1.29 is 14.5 Å². The number of nitro groups is 1. The molecule has 2 N–H and O–H groups in total. The second kappa shape index (κ2) is 8.90. The van der Waals surface area contributed by atoms with E-state index >= 15 is 0 Å². The summed E-state index contributed by atoms with van der Waals surface area (Å²) in [5.74, 6) is -0.794. The van der Waals surface area contributed by atoms with Crippen LogP contribution in [0.1, 0.15) is 17.7 Å². The van der Waals surface area contributed by atoms with Crippen molar-refractivity contribution in [3.8, 4) is 0 Å². The van der Waals surface area contributed by atoms with Crippen LogP contribution in [-0.4, -0.2) is 23.0 Å². The number of hydrogen-bond acceptors (Lipinski definition) is 6. The maximum absolute atomic E-state index is 11.8. The van der Waals surface area contributed by atoms with Gasteiger partial charge in [0.05, 0.1) is 26.7 Å². The van der Waals surface area contributed by atoms with Gasteiger partial charge in [0, 0.05) is 18.9 Å². The second-order valence-electron chi connectivity index (χ2n) is 4.75. The third-order valence-electron chi connectivity index (χ3n) is 2.90. The molecule has 1 aromatic heterocycles. The van der Waals surface area contributed by atoms with Crippen molar-refractivity contribution in [1.29, 1.82) is 0 Å². The molecule has 130 valence electrons. The summed E-state index contributed by atoms with van der Waals surface area (Å²) >= 11 is 6.86. The molecule has 0 saturated heterocycles. The lowest BCUT2D eigenvalue weighted by atomic mass is 10.2. The highest BCUT2D eigenvalue weighted by molar-refractivity contribution is 7.16. The Bertz CT molecular complexity index is 821. The molecule has 0 saturated carbocycles. The Kier molecular flexibility index (Phi) is 6.61. The molecule has 0 unspecified atom stereocenters. The third-order valence-corrected chi connectivity index (χ3v) is 4.20. The highest BCUT2D eigenvalue weighted by Gasteiger charge is 2.09. The number of anilines is 1. The number of amides is 2. The molecule has 1 aromatic carbocycles. The van der Waals surface area contributed by atoms with E-state index in [1.54, 1.807) is 24.3 Å². The van der Waals surface area contributed by atoms with E-state index in [-0.39, 0.29) is 23.7 Å². The van der Waals surface area contributed by atoms with Crippen LogP contribution in [0.2, 0.25) is 5.02 Å². The molecule has 0 spiro atoms. The first-order chi connectivity index (χ1) is 12.0.